The zero-order valence-electron chi connectivity index (χ0n) is 28.3. The van der Waals surface area contributed by atoms with Crippen LogP contribution in [-0.2, 0) is 28.6 Å². The van der Waals surface area contributed by atoms with Crippen molar-refractivity contribution in [3.05, 3.63) is 12.2 Å². The van der Waals surface area contributed by atoms with E-state index in [1.807, 2.05) is 0 Å². The molecule has 0 saturated heterocycles. The van der Waals surface area contributed by atoms with Gasteiger partial charge in [0.25, 0.3) is 0 Å². The molecule has 5 fully saturated rings. The van der Waals surface area contributed by atoms with Gasteiger partial charge in [-0.1, -0.05) is 46.8 Å². The van der Waals surface area contributed by atoms with Crippen LogP contribution >= 0.6 is 0 Å². The van der Waals surface area contributed by atoms with Gasteiger partial charge in [-0.3, -0.25) is 14.4 Å². The normalized spacial score (nSPS) is 44.6. The van der Waals surface area contributed by atoms with Crippen LogP contribution in [0.25, 0.3) is 0 Å². The van der Waals surface area contributed by atoms with Gasteiger partial charge in [-0.2, -0.15) is 0 Å². The molecule has 242 valence electrons. The fourth-order valence-electron chi connectivity index (χ4n) is 12.5. The molecule has 6 unspecified atom stereocenters. The average Bonchev–Trinajstić information content (AvgIpc) is 3.33. The molecule has 0 spiro atoms. The third-order valence-electron chi connectivity index (χ3n) is 14.8. The van der Waals surface area contributed by atoms with Gasteiger partial charge >= 0.3 is 17.9 Å². The highest BCUT2D eigenvalue weighted by molar-refractivity contribution is 5.77. The maximum Gasteiger partial charge on any atom is 0.306 e. The van der Waals surface area contributed by atoms with Gasteiger partial charge < -0.3 is 14.2 Å². The molecule has 43 heavy (non-hydrogen) atoms. The summed E-state index contributed by atoms with van der Waals surface area (Å²) in [6.45, 7) is 21.3. The van der Waals surface area contributed by atoms with Crippen LogP contribution in [0.1, 0.15) is 126 Å². The highest BCUT2D eigenvalue weighted by Gasteiger charge is 2.71. The minimum absolute atomic E-state index is 0.0686. The van der Waals surface area contributed by atoms with E-state index in [9.17, 15) is 14.4 Å². The Morgan fingerprint density at radius 1 is 0.767 bits per heavy atom. The van der Waals surface area contributed by atoms with Crippen LogP contribution in [0.5, 0.6) is 0 Å². The van der Waals surface area contributed by atoms with Gasteiger partial charge in [0.1, 0.15) is 6.10 Å². The Bertz CT molecular complexity index is 1140. The van der Waals surface area contributed by atoms with Crippen molar-refractivity contribution in [1.82, 2.24) is 0 Å². The van der Waals surface area contributed by atoms with E-state index in [0.717, 1.165) is 32.1 Å². The number of esters is 3. The predicted molar refractivity (Wildman–Crippen MR) is 167 cm³/mol. The number of hydrogen-bond acceptors (Lipinski definition) is 6. The highest BCUT2D eigenvalue weighted by Crippen LogP contribution is 2.77. The second kappa shape index (κ2) is 11.2. The summed E-state index contributed by atoms with van der Waals surface area (Å²) in [4.78, 5) is 36.3. The van der Waals surface area contributed by atoms with Crippen LogP contribution < -0.4 is 0 Å². The molecule has 0 aromatic carbocycles. The molecule has 0 aliphatic heterocycles. The first-order valence-electron chi connectivity index (χ1n) is 17.1. The van der Waals surface area contributed by atoms with E-state index < -0.39 is 0 Å². The number of allylic oxidation sites excluding steroid dienone is 1. The van der Waals surface area contributed by atoms with Crippen LogP contribution in [0.4, 0.5) is 0 Å². The molecule has 0 aromatic heterocycles. The molecule has 0 amide bonds. The third kappa shape index (κ3) is 5.00. The van der Waals surface area contributed by atoms with Gasteiger partial charge in [0.2, 0.25) is 0 Å². The van der Waals surface area contributed by atoms with Crippen molar-refractivity contribution in [3.63, 3.8) is 0 Å². The number of rotatable bonds is 7. The van der Waals surface area contributed by atoms with E-state index in [1.165, 1.54) is 44.8 Å². The van der Waals surface area contributed by atoms with Crippen LogP contribution in [0.3, 0.4) is 0 Å². The molecule has 5 saturated carbocycles. The number of carbonyl (C=O) groups excluding carboxylic acids is 3. The molecule has 5 rings (SSSR count). The summed E-state index contributed by atoms with van der Waals surface area (Å²) in [6.07, 6.45) is 11.5. The minimum Gasteiger partial charge on any atom is -0.469 e. The van der Waals surface area contributed by atoms with Crippen molar-refractivity contribution in [2.24, 2.45) is 56.7 Å². The van der Waals surface area contributed by atoms with Gasteiger partial charge in [-0.15, -0.1) is 0 Å². The smallest absolute Gasteiger partial charge is 0.306 e. The Balaban J connectivity index is 1.40. The van der Waals surface area contributed by atoms with Crippen LogP contribution in [0.2, 0.25) is 0 Å². The largest absolute Gasteiger partial charge is 0.469 e. The first-order valence-corrected chi connectivity index (χ1v) is 17.1. The summed E-state index contributed by atoms with van der Waals surface area (Å²) in [5, 5.41) is 0. The summed E-state index contributed by atoms with van der Waals surface area (Å²) in [5.41, 5.74) is 1.92. The minimum atomic E-state index is -0.374. The van der Waals surface area contributed by atoms with Gasteiger partial charge in [-0.05, 0) is 117 Å². The fraction of sp³-hybridized carbons (Fsp3) is 0.865. The van der Waals surface area contributed by atoms with Gasteiger partial charge in [-0.25, -0.2) is 0 Å². The van der Waals surface area contributed by atoms with Gasteiger partial charge in [0.15, 0.2) is 0 Å². The lowest BCUT2D eigenvalue weighted by Gasteiger charge is -2.73. The van der Waals surface area contributed by atoms with Crippen LogP contribution in [-0.4, -0.2) is 37.7 Å². The molecule has 0 aromatic rings. The van der Waals surface area contributed by atoms with E-state index >= 15 is 0 Å². The molecule has 0 bridgehead atoms. The molecule has 5 aliphatic rings. The lowest BCUT2D eigenvalue weighted by Crippen LogP contribution is -2.67. The van der Waals surface area contributed by atoms with E-state index in [4.69, 9.17) is 14.2 Å². The summed E-state index contributed by atoms with van der Waals surface area (Å²) in [6, 6.07) is 0. The second-order valence-electron chi connectivity index (χ2n) is 16.7. The average molecular weight is 599 g/mol. The maximum absolute atomic E-state index is 12.7. The molecular formula is C37H58O6. The molecule has 6 heteroatoms. The summed E-state index contributed by atoms with van der Waals surface area (Å²) < 4.78 is 16.6. The van der Waals surface area contributed by atoms with Crippen LogP contribution in [0, 0.1) is 56.7 Å². The standard InChI is InChI=1S/C37H58O6/c1-23(2)25-14-19-37(22-42-24(3)38)21-20-35(7)26(32(25)37)10-11-28-34(6)17-16-29(43-31(40)13-12-30(39)41-9)33(4,5)27(34)15-18-36(28,35)8/h25-29,32H,1,10-22H2,2-9H3/t25-,26?,27?,28?,29?,32?,34-,35+,36+,37?/m0/s1. The molecule has 5 aliphatic carbocycles. The SMILES string of the molecule is C=C(C)[C@@H]1CCC2(COC(C)=O)CC[C@]3(C)C(CCC4[C@@]5(C)CCC(OC(=O)CCC(=O)OC)C(C)(C)C5CC[C@]43C)C12. The molecule has 0 heterocycles. The fourth-order valence-corrected chi connectivity index (χ4v) is 12.5. The zero-order chi connectivity index (χ0) is 31.6. The van der Waals surface area contributed by atoms with Crippen molar-refractivity contribution < 1.29 is 28.6 Å². The van der Waals surface area contributed by atoms with E-state index in [1.54, 1.807) is 6.92 Å². The van der Waals surface area contributed by atoms with Crippen molar-refractivity contribution in [1.29, 1.82) is 0 Å². The Kier molecular flexibility index (Phi) is 8.47. The molecule has 0 N–H and O–H groups in total. The predicted octanol–water partition coefficient (Wildman–Crippen LogP) is 8.07. The molecular weight excluding hydrogens is 540 g/mol. The lowest BCUT2D eigenvalue weighted by molar-refractivity contribution is -0.252. The number of carbonyl (C=O) groups is 3. The Morgan fingerprint density at radius 3 is 2.12 bits per heavy atom. The number of methoxy groups -OCH3 is 1. The van der Waals surface area contributed by atoms with Crippen molar-refractivity contribution in [2.75, 3.05) is 13.7 Å². The second-order valence-corrected chi connectivity index (χ2v) is 16.7. The van der Waals surface area contributed by atoms with Crippen molar-refractivity contribution >= 4 is 17.9 Å². The van der Waals surface area contributed by atoms with E-state index in [-0.39, 0.29) is 63.9 Å². The Labute approximate surface area is 260 Å². The van der Waals surface area contributed by atoms with Crippen LogP contribution in [0.15, 0.2) is 12.2 Å². The Hall–Kier alpha value is -1.85. The molecule has 10 atom stereocenters. The highest BCUT2D eigenvalue weighted by atomic mass is 16.5. The zero-order valence-corrected chi connectivity index (χ0v) is 28.3. The summed E-state index contributed by atoms with van der Waals surface area (Å²) in [5.74, 6) is 1.94. The topological polar surface area (TPSA) is 78.9 Å². The number of fused-ring (bicyclic) bond motifs is 7. The van der Waals surface area contributed by atoms with Crippen molar-refractivity contribution in [2.45, 2.75) is 132 Å². The quantitative estimate of drug-likeness (QED) is 0.168. The first-order chi connectivity index (χ1) is 20.1. The lowest BCUT2D eigenvalue weighted by atomic mass is 9.32. The first kappa shape index (κ1) is 32.5. The summed E-state index contributed by atoms with van der Waals surface area (Å²) >= 11 is 0. The Morgan fingerprint density at radius 2 is 1.47 bits per heavy atom. The molecule has 6 nitrogen and oxygen atoms in total. The summed E-state index contributed by atoms with van der Waals surface area (Å²) in [7, 11) is 1.35. The maximum atomic E-state index is 12.7. The van der Waals surface area contributed by atoms with Crippen molar-refractivity contribution in [3.8, 4) is 0 Å². The number of hydrogen-bond donors (Lipinski definition) is 0. The van der Waals surface area contributed by atoms with E-state index in [2.05, 4.69) is 48.1 Å². The van der Waals surface area contributed by atoms with E-state index in [0.29, 0.717) is 36.2 Å². The van der Waals surface area contributed by atoms with Gasteiger partial charge in [0.05, 0.1) is 26.6 Å². The van der Waals surface area contributed by atoms with Gasteiger partial charge in [0, 0.05) is 17.8 Å². The number of ether oxygens (including phenoxy) is 3. The molecule has 0 radical (unpaired) electrons. The third-order valence-corrected chi connectivity index (χ3v) is 14.8. The monoisotopic (exact) mass is 598 g/mol.